The number of nitro groups is 1. The van der Waals surface area contributed by atoms with Crippen molar-refractivity contribution in [1.29, 1.82) is 5.26 Å². The molecule has 28 heavy (non-hydrogen) atoms. The lowest BCUT2D eigenvalue weighted by Crippen LogP contribution is -2.13. The fraction of sp³-hybridized carbons (Fsp3) is 0.0476. The van der Waals surface area contributed by atoms with Gasteiger partial charge < -0.3 is 9.88 Å². The third-order valence-electron chi connectivity index (χ3n) is 4.05. The fourth-order valence-electron chi connectivity index (χ4n) is 2.70. The summed E-state index contributed by atoms with van der Waals surface area (Å²) in [5, 5.41) is 22.9. The molecule has 1 heterocycles. The Bertz CT molecular complexity index is 1110. The molecule has 2 aromatic carbocycles. The van der Waals surface area contributed by atoms with Crippen LogP contribution in [0.25, 0.3) is 11.8 Å². The molecule has 0 spiro atoms. The van der Waals surface area contributed by atoms with Gasteiger partial charge >= 0.3 is 0 Å². The number of hydrogen-bond donors (Lipinski definition) is 1. The molecule has 1 aromatic heterocycles. The van der Waals surface area contributed by atoms with E-state index in [0.717, 1.165) is 5.56 Å². The molecule has 0 aliphatic carbocycles. The third kappa shape index (κ3) is 4.14. The van der Waals surface area contributed by atoms with Crippen molar-refractivity contribution < 1.29 is 9.72 Å². The monoisotopic (exact) mass is 372 g/mol. The molecule has 1 N–H and O–H groups in total. The van der Waals surface area contributed by atoms with E-state index in [-0.39, 0.29) is 11.3 Å². The standard InChI is InChI=1S/C21H16N4O3/c1-15-4-2-5-17(12-15)23-21(26)16(14-22)13-20-6-3-11-24(20)18-7-9-19(10-8-18)25(27)28/h2-13H,1H3,(H,23,26)/b16-13-. The number of aryl methyl sites for hydroxylation is 1. The predicted molar refractivity (Wildman–Crippen MR) is 106 cm³/mol. The number of rotatable bonds is 5. The minimum Gasteiger partial charge on any atom is -0.321 e. The summed E-state index contributed by atoms with van der Waals surface area (Å²) in [6.07, 6.45) is 3.23. The van der Waals surface area contributed by atoms with Gasteiger partial charge in [0.2, 0.25) is 0 Å². The van der Waals surface area contributed by atoms with E-state index in [1.807, 2.05) is 31.2 Å². The van der Waals surface area contributed by atoms with Crippen LogP contribution in [0.15, 0.2) is 72.4 Å². The number of carbonyl (C=O) groups is 1. The molecule has 7 nitrogen and oxygen atoms in total. The number of nitrogens with one attached hydrogen (secondary N) is 1. The van der Waals surface area contributed by atoms with Crippen molar-refractivity contribution in [2.24, 2.45) is 0 Å². The predicted octanol–water partition coefficient (Wildman–Crippen LogP) is 4.24. The molecule has 0 fully saturated rings. The molecule has 0 aliphatic heterocycles. The second-order valence-electron chi connectivity index (χ2n) is 6.07. The van der Waals surface area contributed by atoms with E-state index in [9.17, 15) is 20.2 Å². The molecule has 7 heteroatoms. The van der Waals surface area contributed by atoms with Gasteiger partial charge in [0.15, 0.2) is 0 Å². The lowest BCUT2D eigenvalue weighted by molar-refractivity contribution is -0.384. The Labute approximate surface area is 161 Å². The smallest absolute Gasteiger partial charge is 0.269 e. The highest BCUT2D eigenvalue weighted by molar-refractivity contribution is 6.09. The third-order valence-corrected chi connectivity index (χ3v) is 4.05. The molecule has 0 unspecified atom stereocenters. The van der Waals surface area contributed by atoms with Crippen LogP contribution >= 0.6 is 0 Å². The van der Waals surface area contributed by atoms with E-state index in [1.54, 1.807) is 41.1 Å². The maximum atomic E-state index is 12.5. The first-order valence-corrected chi connectivity index (χ1v) is 8.40. The van der Waals surface area contributed by atoms with Crippen LogP contribution in [0.4, 0.5) is 11.4 Å². The zero-order valence-corrected chi connectivity index (χ0v) is 15.0. The molecule has 1 amide bonds. The summed E-state index contributed by atoms with van der Waals surface area (Å²) < 4.78 is 1.74. The summed E-state index contributed by atoms with van der Waals surface area (Å²) in [6.45, 7) is 1.91. The van der Waals surface area contributed by atoms with Crippen LogP contribution in [0.5, 0.6) is 0 Å². The van der Waals surface area contributed by atoms with Crippen molar-refractivity contribution in [3.05, 3.63) is 93.8 Å². The zero-order chi connectivity index (χ0) is 20.1. The number of nitrogens with zero attached hydrogens (tertiary/aromatic N) is 3. The summed E-state index contributed by atoms with van der Waals surface area (Å²) in [7, 11) is 0. The number of hydrogen-bond acceptors (Lipinski definition) is 4. The number of benzene rings is 2. The number of amides is 1. The lowest BCUT2D eigenvalue weighted by Gasteiger charge is -2.08. The molecular weight excluding hydrogens is 356 g/mol. The summed E-state index contributed by atoms with van der Waals surface area (Å²) >= 11 is 0. The highest BCUT2D eigenvalue weighted by atomic mass is 16.6. The van der Waals surface area contributed by atoms with E-state index in [1.165, 1.54) is 18.2 Å². The van der Waals surface area contributed by atoms with E-state index in [0.29, 0.717) is 17.1 Å². The van der Waals surface area contributed by atoms with Crippen LogP contribution < -0.4 is 5.32 Å². The molecule has 0 saturated heterocycles. The second-order valence-corrected chi connectivity index (χ2v) is 6.07. The van der Waals surface area contributed by atoms with Crippen molar-refractivity contribution in [3.8, 4) is 11.8 Å². The van der Waals surface area contributed by atoms with Gasteiger partial charge in [-0.1, -0.05) is 12.1 Å². The van der Waals surface area contributed by atoms with Crippen molar-refractivity contribution in [2.75, 3.05) is 5.32 Å². The van der Waals surface area contributed by atoms with E-state index in [4.69, 9.17) is 0 Å². The molecule has 0 bridgehead atoms. The van der Waals surface area contributed by atoms with Gasteiger partial charge in [0.05, 0.1) is 4.92 Å². The number of non-ortho nitro benzene ring substituents is 1. The molecular formula is C21H16N4O3. The zero-order valence-electron chi connectivity index (χ0n) is 15.0. The van der Waals surface area contributed by atoms with Gasteiger partial charge in [0.25, 0.3) is 11.6 Å². The van der Waals surface area contributed by atoms with Crippen molar-refractivity contribution in [1.82, 2.24) is 4.57 Å². The highest BCUT2D eigenvalue weighted by Gasteiger charge is 2.12. The van der Waals surface area contributed by atoms with Gasteiger partial charge in [-0.05, 0) is 55.0 Å². The minimum atomic E-state index is -0.510. The van der Waals surface area contributed by atoms with Crippen LogP contribution in [-0.4, -0.2) is 15.4 Å². The first-order chi connectivity index (χ1) is 13.5. The number of anilines is 1. The Morgan fingerprint density at radius 2 is 1.93 bits per heavy atom. The number of carbonyl (C=O) groups excluding carboxylic acids is 1. The Morgan fingerprint density at radius 3 is 2.57 bits per heavy atom. The lowest BCUT2D eigenvalue weighted by atomic mass is 10.2. The van der Waals surface area contributed by atoms with Gasteiger partial charge in [-0.25, -0.2) is 0 Å². The van der Waals surface area contributed by atoms with Crippen LogP contribution in [0.3, 0.4) is 0 Å². The quantitative estimate of drug-likeness (QED) is 0.313. The molecule has 3 rings (SSSR count). The number of nitriles is 1. The Hall–Kier alpha value is -4.18. The first-order valence-electron chi connectivity index (χ1n) is 8.40. The average Bonchev–Trinajstić information content (AvgIpc) is 3.14. The highest BCUT2D eigenvalue weighted by Crippen LogP contribution is 2.19. The molecule has 3 aromatic rings. The largest absolute Gasteiger partial charge is 0.321 e. The van der Waals surface area contributed by atoms with Gasteiger partial charge in [-0.15, -0.1) is 0 Å². The summed E-state index contributed by atoms with van der Waals surface area (Å²) in [4.78, 5) is 22.8. The van der Waals surface area contributed by atoms with Gasteiger partial charge in [-0.2, -0.15) is 5.26 Å². The normalized spacial score (nSPS) is 10.9. The maximum absolute atomic E-state index is 12.5. The van der Waals surface area contributed by atoms with Gasteiger partial charge in [0, 0.05) is 35.4 Å². The van der Waals surface area contributed by atoms with Gasteiger partial charge in [0.1, 0.15) is 11.6 Å². The molecule has 0 atom stereocenters. The Kier molecular flexibility index (Phi) is 5.33. The van der Waals surface area contributed by atoms with Crippen LogP contribution in [-0.2, 0) is 4.79 Å². The molecule has 138 valence electrons. The molecule has 0 radical (unpaired) electrons. The molecule has 0 aliphatic rings. The van der Waals surface area contributed by atoms with Crippen molar-refractivity contribution in [2.45, 2.75) is 6.92 Å². The van der Waals surface area contributed by atoms with E-state index in [2.05, 4.69) is 5.32 Å². The summed E-state index contributed by atoms with van der Waals surface area (Å²) in [5.41, 5.74) is 2.82. The van der Waals surface area contributed by atoms with Crippen LogP contribution in [0, 0.1) is 28.4 Å². The Morgan fingerprint density at radius 1 is 1.18 bits per heavy atom. The fourth-order valence-corrected chi connectivity index (χ4v) is 2.70. The topological polar surface area (TPSA) is 101 Å². The minimum absolute atomic E-state index is 0.0109. The van der Waals surface area contributed by atoms with Gasteiger partial charge in [-0.3, -0.25) is 14.9 Å². The molecule has 0 saturated carbocycles. The second kappa shape index (κ2) is 8.01. The Balaban J connectivity index is 1.87. The SMILES string of the molecule is Cc1cccc(NC(=O)/C(C#N)=C\c2cccn2-c2ccc([N+](=O)[O-])cc2)c1. The van der Waals surface area contributed by atoms with Crippen LogP contribution in [0.1, 0.15) is 11.3 Å². The maximum Gasteiger partial charge on any atom is 0.269 e. The average molecular weight is 372 g/mol. The van der Waals surface area contributed by atoms with Crippen molar-refractivity contribution >= 4 is 23.4 Å². The van der Waals surface area contributed by atoms with Crippen molar-refractivity contribution in [3.63, 3.8) is 0 Å². The van der Waals surface area contributed by atoms with E-state index >= 15 is 0 Å². The summed E-state index contributed by atoms with van der Waals surface area (Å²) in [5.74, 6) is -0.510. The number of nitro benzene ring substituents is 1. The van der Waals surface area contributed by atoms with E-state index < -0.39 is 10.8 Å². The first kappa shape index (κ1) is 18.6. The van der Waals surface area contributed by atoms with Crippen LogP contribution in [0.2, 0.25) is 0 Å². The number of aromatic nitrogens is 1. The summed E-state index contributed by atoms with van der Waals surface area (Å²) in [6, 6.07) is 18.7.